The van der Waals surface area contributed by atoms with Crippen molar-refractivity contribution in [3.63, 3.8) is 0 Å². The third kappa shape index (κ3) is 4.83. The van der Waals surface area contributed by atoms with E-state index >= 15 is 0 Å². The number of nitrogens with one attached hydrogen (secondary N) is 1. The highest BCUT2D eigenvalue weighted by molar-refractivity contribution is 6.46. The molecule has 2 fully saturated rings. The Morgan fingerprint density at radius 1 is 1.17 bits per heavy atom. The molecule has 2 aliphatic heterocycles. The number of aryl methyl sites for hydroxylation is 2. The lowest BCUT2D eigenvalue weighted by Crippen LogP contribution is -2.38. The average molecular weight is 500 g/mol. The van der Waals surface area contributed by atoms with E-state index in [0.29, 0.717) is 54.5 Å². The Kier molecular flexibility index (Phi) is 7.65. The van der Waals surface area contributed by atoms with Crippen molar-refractivity contribution in [2.75, 3.05) is 46.0 Å². The van der Waals surface area contributed by atoms with E-state index in [1.54, 1.807) is 39.8 Å². The summed E-state index contributed by atoms with van der Waals surface area (Å²) in [6.45, 7) is 11.1. The highest BCUT2D eigenvalue weighted by Crippen LogP contribution is 2.41. The number of likely N-dealkylation sites (tertiary alicyclic amines) is 1. The minimum Gasteiger partial charge on any atom is -0.507 e. The zero-order chi connectivity index (χ0) is 26.0. The number of aromatic amines is 1. The van der Waals surface area contributed by atoms with Gasteiger partial charge in [-0.3, -0.25) is 14.5 Å². The van der Waals surface area contributed by atoms with E-state index in [9.17, 15) is 19.5 Å². The first-order valence-corrected chi connectivity index (χ1v) is 12.3. The van der Waals surface area contributed by atoms with Gasteiger partial charge in [0.15, 0.2) is 0 Å². The first-order valence-electron chi connectivity index (χ1n) is 12.3. The standard InChI is InChI=1S/C26H33N3O7/c1-5-35-26(33)21-16(3)19(17(4)27-21)23(30)20-22(18-8-7-15(2)36-18)29(25(32)24(20)31)10-6-9-28-11-13-34-14-12-28/h7-8,22,27,30H,5-6,9-14H2,1-4H3/b23-20+/t22-/m1/s1. The zero-order valence-corrected chi connectivity index (χ0v) is 21.2. The minimum atomic E-state index is -0.872. The van der Waals surface area contributed by atoms with Crippen LogP contribution in [0.1, 0.15) is 58.2 Å². The largest absolute Gasteiger partial charge is 0.507 e. The van der Waals surface area contributed by atoms with Gasteiger partial charge >= 0.3 is 5.97 Å². The van der Waals surface area contributed by atoms with E-state index in [1.165, 1.54) is 4.90 Å². The summed E-state index contributed by atoms with van der Waals surface area (Å²) in [5, 5.41) is 11.4. The van der Waals surface area contributed by atoms with Crippen LogP contribution < -0.4 is 0 Å². The Hall–Kier alpha value is -3.37. The maximum atomic E-state index is 13.3. The van der Waals surface area contributed by atoms with Crippen LogP contribution in [-0.4, -0.2) is 83.5 Å². The number of carbonyl (C=O) groups is 3. The fourth-order valence-corrected chi connectivity index (χ4v) is 4.94. The molecule has 2 N–H and O–H groups in total. The van der Waals surface area contributed by atoms with Crippen LogP contribution in [0.5, 0.6) is 0 Å². The predicted octanol–water partition coefficient (Wildman–Crippen LogP) is 2.85. The number of morpholine rings is 1. The van der Waals surface area contributed by atoms with Crippen LogP contribution in [0, 0.1) is 20.8 Å². The second-order valence-corrected chi connectivity index (χ2v) is 9.09. The number of esters is 1. The summed E-state index contributed by atoms with van der Waals surface area (Å²) < 4.78 is 16.3. The quantitative estimate of drug-likeness (QED) is 0.246. The molecule has 0 unspecified atom stereocenters. The Labute approximate surface area is 209 Å². The lowest BCUT2D eigenvalue weighted by Gasteiger charge is -2.28. The summed E-state index contributed by atoms with van der Waals surface area (Å²) in [5.74, 6) is -1.34. The summed E-state index contributed by atoms with van der Waals surface area (Å²) in [4.78, 5) is 45.5. The Balaban J connectivity index is 1.71. The number of nitrogens with zero attached hydrogens (tertiary/aromatic N) is 2. The molecule has 1 amide bonds. The molecule has 1 atom stereocenters. The van der Waals surface area contributed by atoms with Crippen LogP contribution in [-0.2, 0) is 19.1 Å². The Morgan fingerprint density at radius 3 is 2.53 bits per heavy atom. The van der Waals surface area contributed by atoms with Crippen molar-refractivity contribution in [2.24, 2.45) is 0 Å². The molecule has 10 nitrogen and oxygen atoms in total. The van der Waals surface area contributed by atoms with Crippen molar-refractivity contribution >= 4 is 23.4 Å². The summed E-state index contributed by atoms with van der Waals surface area (Å²) in [6, 6.07) is 2.60. The first kappa shape index (κ1) is 25.7. The molecule has 2 aliphatic rings. The van der Waals surface area contributed by atoms with E-state index in [0.717, 1.165) is 19.6 Å². The number of carbonyl (C=O) groups excluding carboxylic acids is 3. The van der Waals surface area contributed by atoms with Crippen LogP contribution in [0.25, 0.3) is 5.76 Å². The van der Waals surface area contributed by atoms with E-state index in [2.05, 4.69) is 9.88 Å². The number of furan rings is 1. The molecule has 2 aromatic rings. The molecular weight excluding hydrogens is 466 g/mol. The van der Waals surface area contributed by atoms with Gasteiger partial charge in [0.05, 0.1) is 25.4 Å². The minimum absolute atomic E-state index is 0.0543. The van der Waals surface area contributed by atoms with Gasteiger partial charge < -0.3 is 28.9 Å². The lowest BCUT2D eigenvalue weighted by atomic mass is 9.97. The van der Waals surface area contributed by atoms with Gasteiger partial charge in [-0.1, -0.05) is 0 Å². The van der Waals surface area contributed by atoms with Crippen LogP contribution >= 0.6 is 0 Å². The highest BCUT2D eigenvalue weighted by Gasteiger charge is 2.47. The van der Waals surface area contributed by atoms with Crippen molar-refractivity contribution in [2.45, 2.75) is 40.2 Å². The SMILES string of the molecule is CCOC(=O)c1[nH]c(C)c(/C(O)=C2\C(=O)C(=O)N(CCCN3CCOCC3)[C@@H]2c2ccc(C)o2)c1C. The van der Waals surface area contributed by atoms with Gasteiger partial charge in [0.1, 0.15) is 29.0 Å². The number of H-pyrrole nitrogens is 1. The molecule has 0 aliphatic carbocycles. The monoisotopic (exact) mass is 499 g/mol. The number of Topliss-reactive ketones (excluding diaryl/α,β-unsaturated/α-hetero) is 1. The van der Waals surface area contributed by atoms with Crippen molar-refractivity contribution in [1.82, 2.24) is 14.8 Å². The van der Waals surface area contributed by atoms with Crippen molar-refractivity contribution in [3.05, 3.63) is 51.7 Å². The Bertz CT molecular complexity index is 1190. The number of ether oxygens (including phenoxy) is 2. The molecule has 36 heavy (non-hydrogen) atoms. The summed E-state index contributed by atoms with van der Waals surface area (Å²) >= 11 is 0. The van der Waals surface area contributed by atoms with Gasteiger partial charge in [-0.2, -0.15) is 0 Å². The van der Waals surface area contributed by atoms with Gasteiger partial charge in [-0.25, -0.2) is 4.79 Å². The van der Waals surface area contributed by atoms with Gasteiger partial charge in [0.25, 0.3) is 11.7 Å². The van der Waals surface area contributed by atoms with Crippen molar-refractivity contribution in [1.29, 1.82) is 0 Å². The topological polar surface area (TPSA) is 125 Å². The number of aromatic nitrogens is 1. The fourth-order valence-electron chi connectivity index (χ4n) is 4.94. The molecule has 0 bridgehead atoms. The lowest BCUT2D eigenvalue weighted by molar-refractivity contribution is -0.140. The van der Waals surface area contributed by atoms with Gasteiger partial charge in [-0.05, 0) is 51.8 Å². The van der Waals surface area contributed by atoms with Gasteiger partial charge in [0, 0.05) is 37.4 Å². The zero-order valence-electron chi connectivity index (χ0n) is 21.2. The number of hydrogen-bond donors (Lipinski definition) is 2. The number of amides is 1. The molecule has 194 valence electrons. The maximum absolute atomic E-state index is 13.3. The van der Waals surface area contributed by atoms with E-state index in [1.807, 2.05) is 0 Å². The average Bonchev–Trinajstić information content (AvgIpc) is 3.49. The second kappa shape index (κ2) is 10.7. The Morgan fingerprint density at radius 2 is 1.89 bits per heavy atom. The summed E-state index contributed by atoms with van der Waals surface area (Å²) in [5.41, 5.74) is 1.37. The highest BCUT2D eigenvalue weighted by atomic mass is 16.5. The first-order chi connectivity index (χ1) is 17.2. The summed E-state index contributed by atoms with van der Waals surface area (Å²) in [7, 11) is 0. The molecule has 0 saturated carbocycles. The van der Waals surface area contributed by atoms with Crippen molar-refractivity contribution in [3.8, 4) is 0 Å². The number of aliphatic hydroxyl groups excluding tert-OH is 1. The molecule has 10 heteroatoms. The normalized spacial score (nSPS) is 20.3. The third-order valence-electron chi connectivity index (χ3n) is 6.70. The molecule has 0 spiro atoms. The molecule has 2 aromatic heterocycles. The van der Waals surface area contributed by atoms with Gasteiger partial charge in [0.2, 0.25) is 0 Å². The van der Waals surface area contributed by atoms with Crippen LogP contribution in [0.2, 0.25) is 0 Å². The maximum Gasteiger partial charge on any atom is 0.355 e. The third-order valence-corrected chi connectivity index (χ3v) is 6.70. The van der Waals surface area contributed by atoms with E-state index in [-0.39, 0.29) is 23.6 Å². The predicted molar refractivity (Wildman–Crippen MR) is 131 cm³/mol. The molecule has 4 heterocycles. The van der Waals surface area contributed by atoms with Crippen molar-refractivity contribution < 1.29 is 33.4 Å². The number of ketones is 1. The number of rotatable bonds is 8. The van der Waals surface area contributed by atoms with Crippen LogP contribution in [0.15, 0.2) is 22.1 Å². The smallest absolute Gasteiger partial charge is 0.355 e. The van der Waals surface area contributed by atoms with E-state index in [4.69, 9.17) is 13.9 Å². The van der Waals surface area contributed by atoms with Crippen LogP contribution in [0.3, 0.4) is 0 Å². The fraction of sp³-hybridized carbons (Fsp3) is 0.500. The molecular formula is C26H33N3O7. The molecule has 0 aromatic carbocycles. The molecule has 2 saturated heterocycles. The summed E-state index contributed by atoms with van der Waals surface area (Å²) in [6.07, 6.45) is 0.651. The molecule has 0 radical (unpaired) electrons. The van der Waals surface area contributed by atoms with E-state index < -0.39 is 23.7 Å². The molecule has 4 rings (SSSR count). The number of aliphatic hydroxyl groups is 1. The van der Waals surface area contributed by atoms with Crippen LogP contribution in [0.4, 0.5) is 0 Å². The second-order valence-electron chi connectivity index (χ2n) is 9.09. The number of hydrogen-bond acceptors (Lipinski definition) is 8. The van der Waals surface area contributed by atoms with Gasteiger partial charge in [-0.15, -0.1) is 0 Å².